The monoisotopic (exact) mass is 289 g/mol. The van der Waals surface area contributed by atoms with E-state index in [-0.39, 0.29) is 5.97 Å². The summed E-state index contributed by atoms with van der Waals surface area (Å²) in [6.07, 6.45) is 5.86. The summed E-state index contributed by atoms with van der Waals surface area (Å²) in [5.41, 5.74) is 1.24. The molecule has 2 aromatic heterocycles. The summed E-state index contributed by atoms with van der Waals surface area (Å²) in [7, 11) is 0. The average Bonchev–Trinajstić information content (AvgIpc) is 3.07. The molecular weight excluding hydrogens is 270 g/mol. The highest BCUT2D eigenvalue weighted by molar-refractivity contribution is 5.88. The summed E-state index contributed by atoms with van der Waals surface area (Å²) in [5.74, 6) is 0.897. The van der Waals surface area contributed by atoms with E-state index in [4.69, 9.17) is 4.74 Å². The Balaban J connectivity index is 1.90. The summed E-state index contributed by atoms with van der Waals surface area (Å²) in [6.45, 7) is 5.58. The predicted molar refractivity (Wildman–Crippen MR) is 75.0 cm³/mol. The minimum atomic E-state index is -0.385. The normalized spacial score (nSPS) is 14.4. The summed E-state index contributed by atoms with van der Waals surface area (Å²) in [6, 6.07) is 0. The number of carbonyl (C=O) groups is 1. The minimum absolute atomic E-state index is 0.343. The van der Waals surface area contributed by atoms with Crippen molar-refractivity contribution in [3.63, 3.8) is 0 Å². The molecule has 21 heavy (non-hydrogen) atoms. The van der Waals surface area contributed by atoms with Crippen molar-refractivity contribution in [1.29, 1.82) is 0 Å². The fraction of sp³-hybridized carbons (Fsp3) is 0.571. The number of imidazole rings is 1. The van der Waals surface area contributed by atoms with Gasteiger partial charge < -0.3 is 9.30 Å². The van der Waals surface area contributed by atoms with Gasteiger partial charge in [0.15, 0.2) is 5.69 Å². The van der Waals surface area contributed by atoms with Crippen LogP contribution in [0, 0.1) is 0 Å². The van der Waals surface area contributed by atoms with Gasteiger partial charge in [-0.15, -0.1) is 5.10 Å². The number of rotatable bonds is 6. The Hall–Kier alpha value is -2.18. The molecule has 0 bridgehead atoms. The second-order valence-electron chi connectivity index (χ2n) is 5.11. The zero-order chi connectivity index (χ0) is 14.8. The van der Waals surface area contributed by atoms with Gasteiger partial charge in [-0.05, 0) is 26.7 Å². The van der Waals surface area contributed by atoms with Gasteiger partial charge in [0.1, 0.15) is 12.4 Å². The van der Waals surface area contributed by atoms with Crippen molar-refractivity contribution in [2.75, 3.05) is 6.61 Å². The van der Waals surface area contributed by atoms with Crippen LogP contribution in [-0.2, 0) is 17.8 Å². The molecule has 0 spiro atoms. The van der Waals surface area contributed by atoms with Gasteiger partial charge in [0.05, 0.1) is 12.3 Å². The molecule has 0 saturated heterocycles. The predicted octanol–water partition coefficient (Wildman–Crippen LogP) is 1.60. The molecule has 1 aliphatic rings. The Morgan fingerprint density at radius 2 is 2.24 bits per heavy atom. The molecule has 3 rings (SSSR count). The van der Waals surface area contributed by atoms with Crippen LogP contribution < -0.4 is 0 Å². The molecular formula is C14H19N5O2. The summed E-state index contributed by atoms with van der Waals surface area (Å²) < 4.78 is 8.91. The lowest BCUT2D eigenvalue weighted by Gasteiger charge is -2.08. The number of hydrogen-bond acceptors (Lipinski definition) is 5. The molecule has 7 nitrogen and oxygen atoms in total. The molecule has 2 aromatic rings. The van der Waals surface area contributed by atoms with Gasteiger partial charge in [0.2, 0.25) is 0 Å². The largest absolute Gasteiger partial charge is 0.461 e. The van der Waals surface area contributed by atoms with Crippen LogP contribution in [0.5, 0.6) is 0 Å². The van der Waals surface area contributed by atoms with Crippen molar-refractivity contribution in [1.82, 2.24) is 24.5 Å². The topological polar surface area (TPSA) is 74.8 Å². The van der Waals surface area contributed by atoms with Gasteiger partial charge in [-0.3, -0.25) is 0 Å². The molecule has 1 saturated carbocycles. The number of ether oxygens (including phenoxy) is 1. The molecule has 1 fully saturated rings. The van der Waals surface area contributed by atoms with Crippen molar-refractivity contribution in [3.05, 3.63) is 29.6 Å². The Morgan fingerprint density at radius 1 is 1.43 bits per heavy atom. The van der Waals surface area contributed by atoms with Gasteiger partial charge in [0, 0.05) is 24.9 Å². The smallest absolute Gasteiger partial charge is 0.360 e. The second-order valence-corrected chi connectivity index (χ2v) is 5.11. The first-order valence-corrected chi connectivity index (χ1v) is 7.35. The van der Waals surface area contributed by atoms with Crippen molar-refractivity contribution in [3.8, 4) is 0 Å². The SMILES string of the molecule is CCOC(=O)c1nnn(Cc2nccn2CC)c1C1CC1. The zero-order valence-corrected chi connectivity index (χ0v) is 12.3. The number of nitrogens with zero attached hydrogens (tertiary/aromatic N) is 5. The van der Waals surface area contributed by atoms with E-state index in [0.717, 1.165) is 30.9 Å². The Labute approximate surface area is 122 Å². The molecule has 0 unspecified atom stereocenters. The van der Waals surface area contributed by atoms with Crippen LogP contribution in [0.1, 0.15) is 54.6 Å². The maximum Gasteiger partial charge on any atom is 0.360 e. The van der Waals surface area contributed by atoms with E-state index in [9.17, 15) is 4.79 Å². The van der Waals surface area contributed by atoms with Crippen LogP contribution in [0.25, 0.3) is 0 Å². The van der Waals surface area contributed by atoms with E-state index in [1.807, 2.05) is 6.20 Å². The summed E-state index contributed by atoms with van der Waals surface area (Å²) in [5, 5.41) is 8.18. The fourth-order valence-electron chi connectivity index (χ4n) is 2.46. The third-order valence-electron chi connectivity index (χ3n) is 3.64. The van der Waals surface area contributed by atoms with Gasteiger partial charge in [0.25, 0.3) is 0 Å². The van der Waals surface area contributed by atoms with E-state index < -0.39 is 0 Å². The van der Waals surface area contributed by atoms with Gasteiger partial charge in [-0.25, -0.2) is 14.5 Å². The molecule has 0 amide bonds. The first-order chi connectivity index (χ1) is 10.2. The zero-order valence-electron chi connectivity index (χ0n) is 12.3. The van der Waals surface area contributed by atoms with Crippen LogP contribution >= 0.6 is 0 Å². The van der Waals surface area contributed by atoms with Crippen LogP contribution in [0.3, 0.4) is 0 Å². The Bertz CT molecular complexity index is 642. The minimum Gasteiger partial charge on any atom is -0.461 e. The molecule has 112 valence electrons. The van der Waals surface area contributed by atoms with E-state index in [2.05, 4.69) is 26.8 Å². The first-order valence-electron chi connectivity index (χ1n) is 7.35. The molecule has 1 aliphatic carbocycles. The molecule has 0 atom stereocenters. The first kappa shape index (κ1) is 13.8. The number of aryl methyl sites for hydroxylation is 1. The summed E-state index contributed by atoms with van der Waals surface area (Å²) >= 11 is 0. The number of aromatic nitrogens is 5. The highest BCUT2D eigenvalue weighted by Crippen LogP contribution is 2.41. The molecule has 0 N–H and O–H groups in total. The third kappa shape index (κ3) is 2.68. The van der Waals surface area contributed by atoms with Crippen LogP contribution in [-0.4, -0.2) is 37.1 Å². The lowest BCUT2D eigenvalue weighted by Crippen LogP contribution is -2.13. The van der Waals surface area contributed by atoms with Crippen LogP contribution in [0.2, 0.25) is 0 Å². The van der Waals surface area contributed by atoms with Crippen LogP contribution in [0.4, 0.5) is 0 Å². The van der Waals surface area contributed by atoms with Crippen molar-refractivity contribution >= 4 is 5.97 Å². The van der Waals surface area contributed by atoms with Crippen molar-refractivity contribution in [2.45, 2.75) is 45.7 Å². The van der Waals surface area contributed by atoms with E-state index in [1.54, 1.807) is 17.8 Å². The van der Waals surface area contributed by atoms with E-state index >= 15 is 0 Å². The highest BCUT2D eigenvalue weighted by atomic mass is 16.5. The molecule has 2 heterocycles. The lowest BCUT2D eigenvalue weighted by molar-refractivity contribution is 0.0518. The van der Waals surface area contributed by atoms with Crippen molar-refractivity contribution in [2.24, 2.45) is 0 Å². The van der Waals surface area contributed by atoms with Crippen LogP contribution in [0.15, 0.2) is 12.4 Å². The number of hydrogen-bond donors (Lipinski definition) is 0. The van der Waals surface area contributed by atoms with Crippen molar-refractivity contribution < 1.29 is 9.53 Å². The fourth-order valence-corrected chi connectivity index (χ4v) is 2.46. The number of esters is 1. The maximum absolute atomic E-state index is 12.0. The number of carbonyl (C=O) groups excluding carboxylic acids is 1. The van der Waals surface area contributed by atoms with Gasteiger partial charge in [-0.2, -0.15) is 0 Å². The Morgan fingerprint density at radius 3 is 2.90 bits per heavy atom. The van der Waals surface area contributed by atoms with Gasteiger partial charge >= 0.3 is 5.97 Å². The van der Waals surface area contributed by atoms with E-state index in [0.29, 0.717) is 24.8 Å². The molecule has 0 aromatic carbocycles. The standard InChI is InChI=1S/C14H19N5O2/c1-3-18-8-7-15-11(18)9-19-13(10-5-6-10)12(16-17-19)14(20)21-4-2/h7-8,10H,3-6,9H2,1-2H3. The highest BCUT2D eigenvalue weighted by Gasteiger charge is 2.34. The lowest BCUT2D eigenvalue weighted by atomic mass is 10.2. The average molecular weight is 289 g/mol. The third-order valence-corrected chi connectivity index (χ3v) is 3.64. The Kier molecular flexibility index (Phi) is 3.72. The molecule has 0 aliphatic heterocycles. The van der Waals surface area contributed by atoms with Gasteiger partial charge in [-0.1, -0.05) is 5.21 Å². The molecule has 0 radical (unpaired) electrons. The quantitative estimate of drug-likeness (QED) is 0.755. The summed E-state index contributed by atoms with van der Waals surface area (Å²) in [4.78, 5) is 16.3. The molecule has 7 heteroatoms. The second kappa shape index (κ2) is 5.67. The maximum atomic E-state index is 12.0. The van der Waals surface area contributed by atoms with E-state index in [1.165, 1.54) is 0 Å².